The minimum Gasteiger partial charge on any atom is -0.329 e. The van der Waals surface area contributed by atoms with Crippen LogP contribution in [0, 0.1) is 4.77 Å². The van der Waals surface area contributed by atoms with E-state index in [4.69, 9.17) is 12.2 Å². The molecule has 0 radical (unpaired) electrons. The molecule has 0 atom stereocenters. The maximum absolute atomic E-state index is 5.47. The standard InChI is InChI=1S/C13H19N3S/c1-4-13(5-2,6-3)16-11-10(15-12(16)17)8-7-9-14-11/h7-9H,4-6H2,1-3H3,(H,15,17). The molecular formula is C13H19N3S. The van der Waals surface area contributed by atoms with Crippen molar-refractivity contribution in [1.29, 1.82) is 0 Å². The number of aromatic nitrogens is 3. The van der Waals surface area contributed by atoms with E-state index in [0.29, 0.717) is 0 Å². The van der Waals surface area contributed by atoms with Gasteiger partial charge in [-0.1, -0.05) is 20.8 Å². The molecule has 0 aliphatic rings. The number of aromatic amines is 1. The largest absolute Gasteiger partial charge is 0.329 e. The van der Waals surface area contributed by atoms with Crippen molar-refractivity contribution in [3.8, 4) is 0 Å². The molecule has 3 nitrogen and oxygen atoms in total. The van der Waals surface area contributed by atoms with Gasteiger partial charge in [0.15, 0.2) is 10.4 Å². The summed E-state index contributed by atoms with van der Waals surface area (Å²) in [5, 5.41) is 0. The first kappa shape index (κ1) is 12.3. The van der Waals surface area contributed by atoms with E-state index in [9.17, 15) is 0 Å². The summed E-state index contributed by atoms with van der Waals surface area (Å²) >= 11 is 5.47. The second kappa shape index (κ2) is 4.61. The Morgan fingerprint density at radius 2 is 1.94 bits per heavy atom. The van der Waals surface area contributed by atoms with Gasteiger partial charge < -0.3 is 4.98 Å². The Bertz CT molecular complexity index is 555. The minimum absolute atomic E-state index is 0.0870. The highest BCUT2D eigenvalue weighted by molar-refractivity contribution is 7.71. The first-order chi connectivity index (χ1) is 8.18. The molecule has 2 aromatic heterocycles. The number of pyridine rings is 1. The third kappa shape index (κ3) is 1.80. The Balaban J connectivity index is 2.77. The molecule has 1 N–H and O–H groups in total. The molecule has 0 spiro atoms. The number of hydrogen-bond acceptors (Lipinski definition) is 2. The number of nitrogens with zero attached hydrogens (tertiary/aromatic N) is 2. The smallest absolute Gasteiger partial charge is 0.179 e. The Morgan fingerprint density at radius 3 is 2.53 bits per heavy atom. The van der Waals surface area contributed by atoms with E-state index < -0.39 is 0 Å². The molecule has 0 unspecified atom stereocenters. The lowest BCUT2D eigenvalue weighted by atomic mass is 9.89. The lowest BCUT2D eigenvalue weighted by Gasteiger charge is -2.32. The highest BCUT2D eigenvalue weighted by Crippen LogP contribution is 2.32. The second-order valence-corrected chi connectivity index (χ2v) is 4.81. The minimum atomic E-state index is 0.0870. The van der Waals surface area contributed by atoms with Gasteiger partial charge in [0.2, 0.25) is 0 Å². The summed E-state index contributed by atoms with van der Waals surface area (Å²) in [4.78, 5) is 7.73. The fourth-order valence-electron chi connectivity index (χ4n) is 2.60. The van der Waals surface area contributed by atoms with Crippen LogP contribution in [-0.2, 0) is 5.54 Å². The van der Waals surface area contributed by atoms with Crippen molar-refractivity contribution >= 4 is 23.4 Å². The fourth-order valence-corrected chi connectivity index (χ4v) is 2.99. The maximum atomic E-state index is 5.47. The third-order valence-corrected chi connectivity index (χ3v) is 4.18. The van der Waals surface area contributed by atoms with Crippen LogP contribution >= 0.6 is 12.2 Å². The molecule has 0 aliphatic carbocycles. The molecule has 2 aromatic rings. The molecule has 17 heavy (non-hydrogen) atoms. The van der Waals surface area contributed by atoms with E-state index in [0.717, 1.165) is 35.2 Å². The van der Waals surface area contributed by atoms with Gasteiger partial charge in [-0.05, 0) is 43.6 Å². The van der Waals surface area contributed by atoms with Gasteiger partial charge in [0, 0.05) is 11.7 Å². The highest BCUT2D eigenvalue weighted by Gasteiger charge is 2.28. The predicted octanol–water partition coefficient (Wildman–Crippen LogP) is 4.02. The SMILES string of the molecule is CCC(CC)(CC)n1c(=S)[nH]c2cccnc21. The molecule has 0 saturated heterocycles. The topological polar surface area (TPSA) is 33.6 Å². The van der Waals surface area contributed by atoms with E-state index in [2.05, 4.69) is 35.3 Å². The van der Waals surface area contributed by atoms with E-state index >= 15 is 0 Å². The molecule has 0 saturated carbocycles. The lowest BCUT2D eigenvalue weighted by molar-refractivity contribution is 0.254. The average molecular weight is 249 g/mol. The molecule has 2 heterocycles. The first-order valence-electron chi connectivity index (χ1n) is 6.24. The quantitative estimate of drug-likeness (QED) is 0.830. The Labute approximate surface area is 107 Å². The normalized spacial score (nSPS) is 12.2. The van der Waals surface area contributed by atoms with Gasteiger partial charge in [-0.15, -0.1) is 0 Å². The van der Waals surface area contributed by atoms with E-state index in [1.54, 1.807) is 0 Å². The van der Waals surface area contributed by atoms with E-state index in [1.807, 2.05) is 18.3 Å². The molecular weight excluding hydrogens is 230 g/mol. The van der Waals surface area contributed by atoms with Crippen molar-refractivity contribution in [3.05, 3.63) is 23.1 Å². The molecule has 0 fully saturated rings. The zero-order valence-electron chi connectivity index (χ0n) is 10.7. The number of hydrogen-bond donors (Lipinski definition) is 1. The van der Waals surface area contributed by atoms with Crippen LogP contribution in [0.1, 0.15) is 40.0 Å². The molecule has 0 aromatic carbocycles. The summed E-state index contributed by atoms with van der Waals surface area (Å²) in [5.41, 5.74) is 2.09. The zero-order chi connectivity index (χ0) is 12.5. The Hall–Kier alpha value is -1.16. The third-order valence-electron chi connectivity index (χ3n) is 3.89. The summed E-state index contributed by atoms with van der Waals surface area (Å²) in [6.07, 6.45) is 5.03. The van der Waals surface area contributed by atoms with Gasteiger partial charge in [-0.3, -0.25) is 4.57 Å². The number of rotatable bonds is 4. The van der Waals surface area contributed by atoms with Crippen molar-refractivity contribution in [2.75, 3.05) is 0 Å². The lowest BCUT2D eigenvalue weighted by Crippen LogP contribution is -2.31. The van der Waals surface area contributed by atoms with Crippen molar-refractivity contribution in [2.24, 2.45) is 0 Å². The van der Waals surface area contributed by atoms with Crippen LogP contribution < -0.4 is 0 Å². The summed E-state index contributed by atoms with van der Waals surface area (Å²) in [6.45, 7) is 6.66. The number of H-pyrrole nitrogens is 1. The number of nitrogens with one attached hydrogen (secondary N) is 1. The van der Waals surface area contributed by atoms with Crippen LogP contribution in [0.2, 0.25) is 0 Å². The van der Waals surface area contributed by atoms with Crippen molar-refractivity contribution in [2.45, 2.75) is 45.6 Å². The predicted molar refractivity (Wildman–Crippen MR) is 73.8 cm³/mol. The van der Waals surface area contributed by atoms with Gasteiger partial charge in [-0.25, -0.2) is 4.98 Å². The van der Waals surface area contributed by atoms with Gasteiger partial charge in [0.05, 0.1) is 5.52 Å². The number of fused-ring (bicyclic) bond motifs is 1. The summed E-state index contributed by atoms with van der Waals surface area (Å²) in [6, 6.07) is 3.96. The van der Waals surface area contributed by atoms with Crippen molar-refractivity contribution in [3.63, 3.8) is 0 Å². The van der Waals surface area contributed by atoms with Gasteiger partial charge in [0.25, 0.3) is 0 Å². The van der Waals surface area contributed by atoms with Crippen molar-refractivity contribution < 1.29 is 0 Å². The Kier molecular flexibility index (Phi) is 3.33. The summed E-state index contributed by atoms with van der Waals surface area (Å²) in [5.74, 6) is 0. The van der Waals surface area contributed by atoms with Crippen LogP contribution in [0.4, 0.5) is 0 Å². The van der Waals surface area contributed by atoms with E-state index in [-0.39, 0.29) is 5.54 Å². The fraction of sp³-hybridized carbons (Fsp3) is 0.538. The highest BCUT2D eigenvalue weighted by atomic mass is 32.1. The summed E-state index contributed by atoms with van der Waals surface area (Å²) in [7, 11) is 0. The van der Waals surface area contributed by atoms with Gasteiger partial charge in [0.1, 0.15) is 0 Å². The Morgan fingerprint density at radius 1 is 1.29 bits per heavy atom. The molecule has 0 amide bonds. The van der Waals surface area contributed by atoms with Crippen LogP contribution in [0.25, 0.3) is 11.2 Å². The van der Waals surface area contributed by atoms with Crippen LogP contribution in [0.15, 0.2) is 18.3 Å². The first-order valence-corrected chi connectivity index (χ1v) is 6.65. The summed E-state index contributed by atoms with van der Waals surface area (Å²) < 4.78 is 2.99. The van der Waals surface area contributed by atoms with Crippen molar-refractivity contribution in [1.82, 2.24) is 14.5 Å². The molecule has 2 rings (SSSR count). The maximum Gasteiger partial charge on any atom is 0.179 e. The molecule has 4 heteroatoms. The number of imidazole rings is 1. The molecule has 0 bridgehead atoms. The molecule has 0 aliphatic heterocycles. The molecule has 92 valence electrons. The van der Waals surface area contributed by atoms with Crippen LogP contribution in [0.5, 0.6) is 0 Å². The second-order valence-electron chi connectivity index (χ2n) is 4.43. The van der Waals surface area contributed by atoms with E-state index in [1.165, 1.54) is 0 Å². The van der Waals surface area contributed by atoms with Crippen LogP contribution in [0.3, 0.4) is 0 Å². The monoisotopic (exact) mass is 249 g/mol. The zero-order valence-corrected chi connectivity index (χ0v) is 11.5. The van der Waals surface area contributed by atoms with Crippen LogP contribution in [-0.4, -0.2) is 14.5 Å². The van der Waals surface area contributed by atoms with Gasteiger partial charge in [-0.2, -0.15) is 0 Å². The van der Waals surface area contributed by atoms with Gasteiger partial charge >= 0.3 is 0 Å². The average Bonchev–Trinajstić information content (AvgIpc) is 2.70.